The van der Waals surface area contributed by atoms with Crippen molar-refractivity contribution in [3.63, 3.8) is 0 Å². The number of carbonyl (C=O) groups is 1. The molecule has 2 amide bonds. The van der Waals surface area contributed by atoms with Crippen molar-refractivity contribution in [2.45, 2.75) is 6.04 Å². The molecule has 0 fully saturated rings. The molecule has 0 aliphatic carbocycles. The van der Waals surface area contributed by atoms with Gasteiger partial charge in [0.1, 0.15) is 5.82 Å². The van der Waals surface area contributed by atoms with Crippen molar-refractivity contribution in [3.05, 3.63) is 71.9 Å². The maximum absolute atomic E-state index is 14.3. The highest BCUT2D eigenvalue weighted by molar-refractivity contribution is 5.89. The second-order valence-corrected chi connectivity index (χ2v) is 5.93. The van der Waals surface area contributed by atoms with Crippen LogP contribution >= 0.6 is 0 Å². The highest BCUT2D eigenvalue weighted by atomic mass is 19.1. The number of hydrogen-bond donors (Lipinski definition) is 2. The summed E-state index contributed by atoms with van der Waals surface area (Å²) in [5.74, 6) is -0.300. The van der Waals surface area contributed by atoms with Gasteiger partial charge in [0, 0.05) is 23.4 Å². The van der Waals surface area contributed by atoms with E-state index in [-0.39, 0.29) is 18.4 Å². The zero-order chi connectivity index (χ0) is 18.1. The largest absolute Gasteiger partial charge is 0.335 e. The van der Waals surface area contributed by atoms with Crippen molar-refractivity contribution >= 4 is 11.7 Å². The minimum absolute atomic E-state index is 0.222. The highest BCUT2D eigenvalue weighted by Gasteiger charge is 2.31. The van der Waals surface area contributed by atoms with Crippen LogP contribution in [0.5, 0.6) is 0 Å². The van der Waals surface area contributed by atoms with Crippen LogP contribution in [0.3, 0.4) is 0 Å². The summed E-state index contributed by atoms with van der Waals surface area (Å²) in [5.41, 5.74) is 3.27. The van der Waals surface area contributed by atoms with E-state index in [2.05, 4.69) is 15.6 Å². The van der Waals surface area contributed by atoms with Crippen LogP contribution in [0.25, 0.3) is 11.3 Å². The van der Waals surface area contributed by atoms with E-state index in [1.807, 2.05) is 16.7 Å². The fourth-order valence-corrected chi connectivity index (χ4v) is 3.19. The molecule has 0 saturated carbocycles. The number of nitrogens with zero attached hydrogens (tertiary/aromatic N) is 3. The molecule has 2 heterocycles. The van der Waals surface area contributed by atoms with Crippen LogP contribution in [-0.4, -0.2) is 22.1 Å². The van der Waals surface area contributed by atoms with Crippen molar-refractivity contribution in [2.24, 2.45) is 0 Å². The van der Waals surface area contributed by atoms with E-state index >= 15 is 0 Å². The number of carbonyl (C=O) groups excluding carboxylic acids is 1. The number of rotatable bonds is 3. The molecule has 1 unspecified atom stereocenters. The van der Waals surface area contributed by atoms with Gasteiger partial charge >= 0.3 is 6.03 Å². The average molecular weight is 347 g/mol. The molecule has 1 aromatic heterocycles. The highest BCUT2D eigenvalue weighted by Crippen LogP contribution is 2.40. The van der Waals surface area contributed by atoms with E-state index in [9.17, 15) is 9.18 Å². The van der Waals surface area contributed by atoms with Gasteiger partial charge < -0.3 is 15.2 Å². The van der Waals surface area contributed by atoms with E-state index < -0.39 is 6.03 Å². The summed E-state index contributed by atoms with van der Waals surface area (Å²) in [5, 5.41) is 14.3. The molecule has 0 saturated heterocycles. The van der Waals surface area contributed by atoms with Gasteiger partial charge in [-0.1, -0.05) is 12.1 Å². The smallest absolute Gasteiger partial charge is 0.319 e. The SMILES string of the molecule is N#Cc1ccc(NC(=O)NCC2c3c(F)cccc3-c3cncn32)cc1. The molecule has 1 atom stereocenters. The lowest BCUT2D eigenvalue weighted by Gasteiger charge is -2.16. The first-order valence-electron chi connectivity index (χ1n) is 8.03. The second-order valence-electron chi connectivity index (χ2n) is 5.93. The minimum Gasteiger partial charge on any atom is -0.335 e. The Morgan fingerprint density at radius 2 is 2.08 bits per heavy atom. The maximum atomic E-state index is 14.3. The summed E-state index contributed by atoms with van der Waals surface area (Å²) in [7, 11) is 0. The fraction of sp³-hybridized carbons (Fsp3) is 0.105. The van der Waals surface area contributed by atoms with Crippen molar-refractivity contribution in [1.29, 1.82) is 5.26 Å². The summed E-state index contributed by atoms with van der Waals surface area (Å²) in [6, 6.07) is 12.7. The molecule has 0 radical (unpaired) electrons. The summed E-state index contributed by atoms with van der Waals surface area (Å²) in [6.45, 7) is 0.222. The Bertz CT molecular complexity index is 1020. The monoisotopic (exact) mass is 347 g/mol. The molecule has 3 aromatic rings. The molecule has 2 aromatic carbocycles. The van der Waals surface area contributed by atoms with Gasteiger partial charge in [-0.25, -0.2) is 14.2 Å². The lowest BCUT2D eigenvalue weighted by atomic mass is 10.0. The number of fused-ring (bicyclic) bond motifs is 3. The second kappa shape index (κ2) is 6.33. The summed E-state index contributed by atoms with van der Waals surface area (Å²) < 4.78 is 16.2. The van der Waals surface area contributed by atoms with Crippen molar-refractivity contribution < 1.29 is 9.18 Å². The summed E-state index contributed by atoms with van der Waals surface area (Å²) in [4.78, 5) is 16.3. The van der Waals surface area contributed by atoms with Gasteiger partial charge in [-0.05, 0) is 30.3 Å². The van der Waals surface area contributed by atoms with Crippen LogP contribution in [0.4, 0.5) is 14.9 Å². The van der Waals surface area contributed by atoms with Crippen molar-refractivity contribution in [3.8, 4) is 17.3 Å². The third-order valence-corrected chi connectivity index (χ3v) is 4.39. The lowest BCUT2D eigenvalue weighted by molar-refractivity contribution is 0.251. The lowest BCUT2D eigenvalue weighted by Crippen LogP contribution is -2.33. The van der Waals surface area contributed by atoms with E-state index in [4.69, 9.17) is 5.26 Å². The minimum atomic E-state index is -0.402. The zero-order valence-corrected chi connectivity index (χ0v) is 13.6. The molecule has 6 nitrogen and oxygen atoms in total. The van der Waals surface area contributed by atoms with Crippen LogP contribution in [0.2, 0.25) is 0 Å². The topological polar surface area (TPSA) is 82.7 Å². The zero-order valence-electron chi connectivity index (χ0n) is 13.6. The number of anilines is 1. The molecule has 1 aliphatic heterocycles. The van der Waals surface area contributed by atoms with Gasteiger partial charge in [-0.3, -0.25) is 0 Å². The Labute approximate surface area is 148 Å². The van der Waals surface area contributed by atoms with Gasteiger partial charge in [0.05, 0.1) is 35.9 Å². The number of nitrogens with one attached hydrogen (secondary N) is 2. The molecule has 0 bridgehead atoms. The Balaban J connectivity index is 1.48. The number of urea groups is 1. The van der Waals surface area contributed by atoms with Crippen LogP contribution in [-0.2, 0) is 0 Å². The van der Waals surface area contributed by atoms with Gasteiger partial charge in [-0.2, -0.15) is 5.26 Å². The van der Waals surface area contributed by atoms with Crippen LogP contribution in [0, 0.1) is 17.1 Å². The Morgan fingerprint density at radius 3 is 2.85 bits per heavy atom. The first kappa shape index (κ1) is 15.8. The third kappa shape index (κ3) is 2.67. The van der Waals surface area contributed by atoms with E-state index in [0.29, 0.717) is 16.8 Å². The molecule has 1 aliphatic rings. The van der Waals surface area contributed by atoms with Gasteiger partial charge in [0.25, 0.3) is 0 Å². The number of imidazole rings is 1. The van der Waals surface area contributed by atoms with Crippen LogP contribution in [0.15, 0.2) is 55.0 Å². The Morgan fingerprint density at radius 1 is 1.27 bits per heavy atom. The molecule has 26 heavy (non-hydrogen) atoms. The van der Waals surface area contributed by atoms with Crippen molar-refractivity contribution in [2.75, 3.05) is 11.9 Å². The molecular formula is C19H14FN5O. The third-order valence-electron chi connectivity index (χ3n) is 4.39. The first-order chi connectivity index (χ1) is 12.7. The number of nitriles is 1. The molecule has 0 spiro atoms. The van der Waals surface area contributed by atoms with E-state index in [1.54, 1.807) is 42.9 Å². The number of halogens is 1. The molecule has 7 heteroatoms. The number of benzene rings is 2. The summed E-state index contributed by atoms with van der Waals surface area (Å²) >= 11 is 0. The standard InChI is InChI=1S/C19H14FN5O/c20-15-3-1-2-14-16-9-22-11-25(16)17(18(14)15)10-23-19(26)24-13-6-4-12(8-21)5-7-13/h1-7,9,11,17H,10H2,(H2,23,24,26). The van der Waals surface area contributed by atoms with Crippen molar-refractivity contribution in [1.82, 2.24) is 14.9 Å². The number of hydrogen-bond acceptors (Lipinski definition) is 3. The van der Waals surface area contributed by atoms with Gasteiger partial charge in [0.2, 0.25) is 0 Å². The van der Waals surface area contributed by atoms with E-state index in [1.165, 1.54) is 6.07 Å². The molecule has 4 rings (SSSR count). The van der Waals surface area contributed by atoms with Crippen LogP contribution in [0.1, 0.15) is 17.2 Å². The van der Waals surface area contributed by atoms with Crippen LogP contribution < -0.4 is 10.6 Å². The first-order valence-corrected chi connectivity index (χ1v) is 8.03. The van der Waals surface area contributed by atoms with Gasteiger partial charge in [0.15, 0.2) is 0 Å². The maximum Gasteiger partial charge on any atom is 0.319 e. The van der Waals surface area contributed by atoms with E-state index in [0.717, 1.165) is 11.3 Å². The number of aromatic nitrogens is 2. The normalized spacial score (nSPS) is 14.2. The molecule has 128 valence electrons. The Kier molecular flexibility index (Phi) is 3.86. The number of amides is 2. The predicted molar refractivity (Wildman–Crippen MR) is 93.9 cm³/mol. The Hall–Kier alpha value is -3.66. The predicted octanol–water partition coefficient (Wildman–Crippen LogP) is 3.29. The fourth-order valence-electron chi connectivity index (χ4n) is 3.19. The average Bonchev–Trinajstić information content (AvgIpc) is 3.23. The van der Waals surface area contributed by atoms with Gasteiger partial charge in [-0.15, -0.1) is 0 Å². The quantitative estimate of drug-likeness (QED) is 0.763. The molecule has 2 N–H and O–H groups in total. The summed E-state index contributed by atoms with van der Waals surface area (Å²) in [6.07, 6.45) is 3.33. The molecular weight excluding hydrogens is 333 g/mol.